The van der Waals surface area contributed by atoms with E-state index < -0.39 is 0 Å². The maximum atomic E-state index is 2.35. The van der Waals surface area contributed by atoms with E-state index in [1.165, 1.54) is 49.3 Å². The first-order valence-electron chi connectivity index (χ1n) is 6.93. The van der Waals surface area contributed by atoms with Gasteiger partial charge in [0.15, 0.2) is 0 Å². The molecule has 1 saturated carbocycles. The molecule has 0 N–H and O–H groups in total. The molecule has 0 bridgehead atoms. The fraction of sp³-hybridized carbons (Fsp3) is 0.412. The highest BCUT2D eigenvalue weighted by Crippen LogP contribution is 2.35. The lowest BCUT2D eigenvalue weighted by Gasteiger charge is -2.16. The molecule has 2 aromatic rings. The normalized spacial score (nSPS) is 18.1. The lowest BCUT2D eigenvalue weighted by molar-refractivity contribution is 0.596. The van der Waals surface area contributed by atoms with Gasteiger partial charge >= 0.3 is 0 Å². The van der Waals surface area contributed by atoms with Crippen molar-refractivity contribution in [1.82, 2.24) is 0 Å². The van der Waals surface area contributed by atoms with Gasteiger partial charge in [0.25, 0.3) is 0 Å². The van der Waals surface area contributed by atoms with Gasteiger partial charge in [-0.25, -0.2) is 0 Å². The van der Waals surface area contributed by atoms with Crippen molar-refractivity contribution in [2.45, 2.75) is 44.4 Å². The summed E-state index contributed by atoms with van der Waals surface area (Å²) in [5.74, 6) is 0.795. The van der Waals surface area contributed by atoms with Crippen molar-refractivity contribution >= 4 is 10.8 Å². The second-order valence-electron chi connectivity index (χ2n) is 5.26. The van der Waals surface area contributed by atoms with Crippen molar-refractivity contribution < 1.29 is 0 Å². The molecule has 0 unspecified atom stereocenters. The van der Waals surface area contributed by atoms with E-state index in [4.69, 9.17) is 0 Å². The van der Waals surface area contributed by atoms with Crippen LogP contribution in [0.15, 0.2) is 42.5 Å². The van der Waals surface area contributed by atoms with Crippen LogP contribution in [0.5, 0.6) is 0 Å². The van der Waals surface area contributed by atoms with E-state index in [0.717, 1.165) is 5.92 Å². The maximum Gasteiger partial charge on any atom is -0.0149 e. The second kappa shape index (κ2) is 4.91. The Morgan fingerprint density at radius 1 is 0.706 bits per heavy atom. The van der Waals surface area contributed by atoms with Crippen LogP contribution in [-0.4, -0.2) is 0 Å². The van der Waals surface area contributed by atoms with E-state index in [9.17, 15) is 0 Å². The van der Waals surface area contributed by atoms with Crippen LogP contribution in [0.2, 0.25) is 0 Å². The van der Waals surface area contributed by atoms with Crippen LogP contribution in [-0.2, 0) is 0 Å². The fourth-order valence-electron chi connectivity index (χ4n) is 3.20. The minimum Gasteiger partial charge on any atom is -0.0616 e. The molecule has 0 spiro atoms. The number of hydrogen-bond donors (Lipinski definition) is 0. The SMILES string of the molecule is c1ccc2c(C3CCCCCC3)cccc2c1. The molecule has 0 radical (unpaired) electrons. The van der Waals surface area contributed by atoms with E-state index in [0.29, 0.717) is 0 Å². The monoisotopic (exact) mass is 224 g/mol. The number of rotatable bonds is 1. The van der Waals surface area contributed by atoms with Crippen LogP contribution in [0, 0.1) is 0 Å². The Hall–Kier alpha value is -1.30. The molecule has 88 valence electrons. The average molecular weight is 224 g/mol. The van der Waals surface area contributed by atoms with Gasteiger partial charge < -0.3 is 0 Å². The van der Waals surface area contributed by atoms with Gasteiger partial charge in [-0.15, -0.1) is 0 Å². The first kappa shape index (κ1) is 10.8. The summed E-state index contributed by atoms with van der Waals surface area (Å²) >= 11 is 0. The minimum atomic E-state index is 0.795. The van der Waals surface area contributed by atoms with Crippen molar-refractivity contribution in [2.24, 2.45) is 0 Å². The minimum absolute atomic E-state index is 0.795. The Balaban J connectivity index is 2.03. The van der Waals surface area contributed by atoms with Crippen LogP contribution in [0.4, 0.5) is 0 Å². The molecule has 0 nitrogen and oxygen atoms in total. The van der Waals surface area contributed by atoms with E-state index in [2.05, 4.69) is 42.5 Å². The highest BCUT2D eigenvalue weighted by Gasteiger charge is 2.15. The van der Waals surface area contributed by atoms with Gasteiger partial charge in [-0.2, -0.15) is 0 Å². The Morgan fingerprint density at radius 2 is 1.41 bits per heavy atom. The van der Waals surface area contributed by atoms with Crippen LogP contribution in [0.25, 0.3) is 10.8 Å². The highest BCUT2D eigenvalue weighted by atomic mass is 14.2. The molecule has 0 amide bonds. The summed E-state index contributed by atoms with van der Waals surface area (Å²) in [5.41, 5.74) is 1.59. The largest absolute Gasteiger partial charge is 0.0616 e. The Morgan fingerprint density at radius 3 is 2.24 bits per heavy atom. The van der Waals surface area contributed by atoms with Gasteiger partial charge in [0.1, 0.15) is 0 Å². The Labute approximate surface area is 104 Å². The maximum absolute atomic E-state index is 2.35. The standard InChI is InChI=1S/C17H20/c1-2-4-9-14(8-3-1)17-13-7-11-15-10-5-6-12-16(15)17/h5-7,10-14H,1-4,8-9H2. The molecule has 0 saturated heterocycles. The zero-order valence-corrected chi connectivity index (χ0v) is 10.4. The van der Waals surface area contributed by atoms with E-state index in [1.807, 2.05) is 0 Å². The molecule has 2 aromatic carbocycles. The van der Waals surface area contributed by atoms with Gasteiger partial charge in [0, 0.05) is 0 Å². The Bertz CT molecular complexity index is 485. The molecule has 17 heavy (non-hydrogen) atoms. The summed E-state index contributed by atoms with van der Waals surface area (Å²) in [4.78, 5) is 0. The van der Waals surface area contributed by atoms with Gasteiger partial charge in [-0.1, -0.05) is 68.1 Å². The van der Waals surface area contributed by atoms with Gasteiger partial charge in [-0.3, -0.25) is 0 Å². The Kier molecular flexibility index (Phi) is 3.13. The van der Waals surface area contributed by atoms with Crippen LogP contribution in [0.1, 0.15) is 50.0 Å². The molecule has 0 aliphatic heterocycles. The average Bonchev–Trinajstić information content (AvgIpc) is 2.67. The predicted molar refractivity (Wildman–Crippen MR) is 74.4 cm³/mol. The molecular formula is C17H20. The molecule has 0 atom stereocenters. The number of benzene rings is 2. The third-order valence-corrected chi connectivity index (χ3v) is 4.12. The van der Waals surface area contributed by atoms with Crippen LogP contribution in [0.3, 0.4) is 0 Å². The fourth-order valence-corrected chi connectivity index (χ4v) is 3.20. The predicted octanol–water partition coefficient (Wildman–Crippen LogP) is 5.28. The topological polar surface area (TPSA) is 0 Å². The zero-order chi connectivity index (χ0) is 11.5. The third-order valence-electron chi connectivity index (χ3n) is 4.12. The first-order chi connectivity index (χ1) is 8.45. The third kappa shape index (κ3) is 2.22. The lowest BCUT2D eigenvalue weighted by atomic mass is 9.88. The molecule has 0 heteroatoms. The molecule has 1 aliphatic carbocycles. The quantitative estimate of drug-likeness (QED) is 0.578. The summed E-state index contributed by atoms with van der Waals surface area (Å²) in [7, 11) is 0. The molecule has 0 heterocycles. The van der Waals surface area contributed by atoms with Crippen LogP contribution < -0.4 is 0 Å². The smallest absolute Gasteiger partial charge is 0.0149 e. The van der Waals surface area contributed by atoms with Crippen molar-refractivity contribution in [3.8, 4) is 0 Å². The van der Waals surface area contributed by atoms with E-state index >= 15 is 0 Å². The van der Waals surface area contributed by atoms with Crippen molar-refractivity contribution in [2.75, 3.05) is 0 Å². The molecule has 1 aliphatic rings. The molecule has 0 aromatic heterocycles. The summed E-state index contributed by atoms with van der Waals surface area (Å²) in [6, 6.07) is 15.6. The zero-order valence-electron chi connectivity index (χ0n) is 10.4. The summed E-state index contributed by atoms with van der Waals surface area (Å²) in [6.07, 6.45) is 8.45. The van der Waals surface area contributed by atoms with Crippen molar-refractivity contribution in [1.29, 1.82) is 0 Å². The van der Waals surface area contributed by atoms with Gasteiger partial charge in [0.05, 0.1) is 0 Å². The first-order valence-corrected chi connectivity index (χ1v) is 6.93. The van der Waals surface area contributed by atoms with Crippen LogP contribution >= 0.6 is 0 Å². The summed E-state index contributed by atoms with van der Waals surface area (Å²) < 4.78 is 0. The molecule has 3 rings (SSSR count). The molecule has 1 fully saturated rings. The lowest BCUT2D eigenvalue weighted by Crippen LogP contribution is -1.98. The number of fused-ring (bicyclic) bond motifs is 1. The summed E-state index contributed by atoms with van der Waals surface area (Å²) in [5, 5.41) is 2.87. The highest BCUT2D eigenvalue weighted by molar-refractivity contribution is 5.86. The van der Waals surface area contributed by atoms with Crippen molar-refractivity contribution in [3.63, 3.8) is 0 Å². The van der Waals surface area contributed by atoms with Gasteiger partial charge in [0.2, 0.25) is 0 Å². The summed E-state index contributed by atoms with van der Waals surface area (Å²) in [6.45, 7) is 0. The number of hydrogen-bond acceptors (Lipinski definition) is 0. The van der Waals surface area contributed by atoms with Crippen molar-refractivity contribution in [3.05, 3.63) is 48.0 Å². The van der Waals surface area contributed by atoms with E-state index in [-0.39, 0.29) is 0 Å². The van der Waals surface area contributed by atoms with E-state index in [1.54, 1.807) is 5.56 Å². The van der Waals surface area contributed by atoms with Gasteiger partial charge in [-0.05, 0) is 35.1 Å². The second-order valence-corrected chi connectivity index (χ2v) is 5.26. The molecular weight excluding hydrogens is 204 g/mol.